The van der Waals surface area contributed by atoms with E-state index in [9.17, 15) is 4.79 Å². The summed E-state index contributed by atoms with van der Waals surface area (Å²) in [5.41, 5.74) is 0.433. The van der Waals surface area contributed by atoms with E-state index in [4.69, 9.17) is 0 Å². The number of isocyanates is 1. The average Bonchev–Trinajstić information content (AvgIpc) is 2.60. The number of hydrogen-bond acceptors (Lipinski definition) is 2. The molecule has 0 aromatic heterocycles. The van der Waals surface area contributed by atoms with E-state index >= 15 is 0 Å². The molecule has 2 saturated carbocycles. The average molecular weight is 151 g/mol. The molecule has 2 heteroatoms. The molecule has 0 aromatic rings. The van der Waals surface area contributed by atoms with E-state index in [0.29, 0.717) is 5.41 Å². The highest BCUT2D eigenvalue weighted by Gasteiger charge is 2.44. The van der Waals surface area contributed by atoms with Gasteiger partial charge >= 0.3 is 0 Å². The van der Waals surface area contributed by atoms with E-state index in [1.165, 1.54) is 32.1 Å². The van der Waals surface area contributed by atoms with E-state index in [2.05, 4.69) is 4.99 Å². The standard InChI is InChI=1S/C9H13NO/c11-7-10-6-9-3-1-8(5-9)2-4-9/h8H,1-6H2. The maximum atomic E-state index is 9.94. The number of carbonyl (C=O) groups excluding carboxylic acids is 1. The Bertz CT molecular complexity index is 198. The van der Waals surface area contributed by atoms with Crippen LogP contribution in [0.3, 0.4) is 0 Å². The Hall–Kier alpha value is -0.620. The number of rotatable bonds is 2. The molecule has 0 radical (unpaired) electrons. The van der Waals surface area contributed by atoms with Gasteiger partial charge in [-0.3, -0.25) is 0 Å². The van der Waals surface area contributed by atoms with Gasteiger partial charge in [-0.1, -0.05) is 0 Å². The van der Waals surface area contributed by atoms with Gasteiger partial charge in [0.15, 0.2) is 0 Å². The van der Waals surface area contributed by atoms with Crippen molar-refractivity contribution in [2.75, 3.05) is 6.54 Å². The van der Waals surface area contributed by atoms with Crippen LogP contribution in [-0.4, -0.2) is 12.6 Å². The van der Waals surface area contributed by atoms with Gasteiger partial charge in [-0.25, -0.2) is 9.79 Å². The molecule has 60 valence electrons. The molecule has 2 bridgehead atoms. The quantitative estimate of drug-likeness (QED) is 0.438. The highest BCUT2D eigenvalue weighted by molar-refractivity contribution is 5.33. The molecule has 0 aromatic carbocycles. The minimum absolute atomic E-state index is 0.433. The summed E-state index contributed by atoms with van der Waals surface area (Å²) in [6.07, 6.45) is 8.29. The SMILES string of the molecule is O=C=NCC12CCC(CC1)C2. The van der Waals surface area contributed by atoms with Crippen molar-refractivity contribution in [3.8, 4) is 0 Å². The van der Waals surface area contributed by atoms with Gasteiger partial charge in [0, 0.05) is 0 Å². The molecule has 2 aliphatic carbocycles. The van der Waals surface area contributed by atoms with E-state index in [-0.39, 0.29) is 0 Å². The normalized spacial score (nSPS) is 40.5. The maximum Gasteiger partial charge on any atom is 0.234 e. The smallest absolute Gasteiger partial charge is 0.211 e. The predicted molar refractivity (Wildman–Crippen MR) is 42.0 cm³/mol. The van der Waals surface area contributed by atoms with Crippen LogP contribution in [0.25, 0.3) is 0 Å². The van der Waals surface area contributed by atoms with Crippen LogP contribution in [0.4, 0.5) is 0 Å². The summed E-state index contributed by atoms with van der Waals surface area (Å²) in [7, 11) is 0. The lowest BCUT2D eigenvalue weighted by Crippen LogP contribution is -2.17. The first-order valence-corrected chi connectivity index (χ1v) is 4.38. The summed E-state index contributed by atoms with van der Waals surface area (Å²) in [6.45, 7) is 0.743. The van der Waals surface area contributed by atoms with Crippen molar-refractivity contribution >= 4 is 6.08 Å². The first-order chi connectivity index (χ1) is 5.35. The molecule has 2 rings (SSSR count). The molecule has 0 saturated heterocycles. The third-order valence-electron chi connectivity index (χ3n) is 3.37. The van der Waals surface area contributed by atoms with Gasteiger partial charge in [0.2, 0.25) is 6.08 Å². The molecule has 0 aliphatic heterocycles. The fraction of sp³-hybridized carbons (Fsp3) is 0.889. The Labute approximate surface area is 66.7 Å². The second-order valence-corrected chi connectivity index (χ2v) is 4.06. The molecule has 0 heterocycles. The molecule has 0 unspecified atom stereocenters. The first-order valence-electron chi connectivity index (χ1n) is 4.38. The molecular weight excluding hydrogens is 138 g/mol. The Morgan fingerprint density at radius 1 is 1.45 bits per heavy atom. The Morgan fingerprint density at radius 2 is 2.18 bits per heavy atom. The van der Waals surface area contributed by atoms with Crippen molar-refractivity contribution in [2.45, 2.75) is 32.1 Å². The lowest BCUT2D eigenvalue weighted by atomic mass is 9.84. The van der Waals surface area contributed by atoms with Crippen LogP contribution in [0, 0.1) is 11.3 Å². The monoisotopic (exact) mass is 151 g/mol. The summed E-state index contributed by atoms with van der Waals surface area (Å²) in [4.78, 5) is 13.7. The van der Waals surface area contributed by atoms with E-state index < -0.39 is 0 Å². The van der Waals surface area contributed by atoms with Gasteiger partial charge in [0.1, 0.15) is 0 Å². The molecule has 2 nitrogen and oxygen atoms in total. The second-order valence-electron chi connectivity index (χ2n) is 4.06. The van der Waals surface area contributed by atoms with Crippen LogP contribution in [0.5, 0.6) is 0 Å². The Balaban J connectivity index is 2.04. The zero-order valence-corrected chi connectivity index (χ0v) is 6.68. The van der Waals surface area contributed by atoms with Gasteiger partial charge in [0.25, 0.3) is 0 Å². The van der Waals surface area contributed by atoms with Crippen LogP contribution in [0.2, 0.25) is 0 Å². The fourth-order valence-electron chi connectivity index (χ4n) is 2.73. The molecule has 0 N–H and O–H groups in total. The van der Waals surface area contributed by atoms with E-state index in [0.717, 1.165) is 12.5 Å². The molecule has 0 spiro atoms. The number of nitrogens with zero attached hydrogens (tertiary/aromatic N) is 1. The minimum atomic E-state index is 0.433. The van der Waals surface area contributed by atoms with Crippen molar-refractivity contribution < 1.29 is 4.79 Å². The van der Waals surface area contributed by atoms with E-state index in [1.807, 2.05) is 0 Å². The van der Waals surface area contributed by atoms with Gasteiger partial charge in [-0.05, 0) is 43.4 Å². The maximum absolute atomic E-state index is 9.94. The number of aliphatic imine (C=N–C) groups is 1. The zero-order valence-electron chi connectivity index (χ0n) is 6.68. The van der Waals surface area contributed by atoms with Crippen LogP contribution in [0.1, 0.15) is 32.1 Å². The van der Waals surface area contributed by atoms with Crippen molar-refractivity contribution in [3.05, 3.63) is 0 Å². The van der Waals surface area contributed by atoms with Crippen LogP contribution in [-0.2, 0) is 4.79 Å². The summed E-state index contributed by atoms with van der Waals surface area (Å²) >= 11 is 0. The Kier molecular flexibility index (Phi) is 1.57. The zero-order chi connectivity index (χ0) is 7.73. The number of hydrogen-bond donors (Lipinski definition) is 0. The lowest BCUT2D eigenvalue weighted by Gasteiger charge is -2.22. The highest BCUT2D eigenvalue weighted by Crippen LogP contribution is 2.53. The minimum Gasteiger partial charge on any atom is -0.211 e. The van der Waals surface area contributed by atoms with Gasteiger partial charge < -0.3 is 0 Å². The fourth-order valence-corrected chi connectivity index (χ4v) is 2.73. The van der Waals surface area contributed by atoms with Crippen molar-refractivity contribution in [1.29, 1.82) is 0 Å². The largest absolute Gasteiger partial charge is 0.234 e. The summed E-state index contributed by atoms with van der Waals surface area (Å²) in [5.74, 6) is 0.955. The first kappa shape index (κ1) is 7.05. The van der Waals surface area contributed by atoms with Gasteiger partial charge in [-0.15, -0.1) is 0 Å². The van der Waals surface area contributed by atoms with E-state index in [1.54, 1.807) is 6.08 Å². The predicted octanol–water partition coefficient (Wildman–Crippen LogP) is 1.90. The third kappa shape index (κ3) is 1.12. The van der Waals surface area contributed by atoms with Crippen molar-refractivity contribution in [3.63, 3.8) is 0 Å². The highest BCUT2D eigenvalue weighted by atomic mass is 16.1. The van der Waals surface area contributed by atoms with Crippen LogP contribution in [0.15, 0.2) is 4.99 Å². The molecular formula is C9H13NO. The molecule has 2 aliphatic rings. The molecule has 0 amide bonds. The number of fused-ring (bicyclic) bond motifs is 2. The molecule has 11 heavy (non-hydrogen) atoms. The van der Waals surface area contributed by atoms with Crippen LogP contribution >= 0.6 is 0 Å². The summed E-state index contributed by atoms with van der Waals surface area (Å²) in [6, 6.07) is 0. The Morgan fingerprint density at radius 3 is 2.64 bits per heavy atom. The van der Waals surface area contributed by atoms with Crippen molar-refractivity contribution in [2.24, 2.45) is 16.3 Å². The summed E-state index contributed by atoms with van der Waals surface area (Å²) in [5, 5.41) is 0. The lowest BCUT2D eigenvalue weighted by molar-refractivity contribution is 0.307. The second kappa shape index (κ2) is 2.46. The summed E-state index contributed by atoms with van der Waals surface area (Å²) < 4.78 is 0. The van der Waals surface area contributed by atoms with Crippen molar-refractivity contribution in [1.82, 2.24) is 0 Å². The topological polar surface area (TPSA) is 29.4 Å². The molecule has 0 atom stereocenters. The third-order valence-corrected chi connectivity index (χ3v) is 3.37. The van der Waals surface area contributed by atoms with Gasteiger partial charge in [0.05, 0.1) is 6.54 Å². The van der Waals surface area contributed by atoms with Gasteiger partial charge in [-0.2, -0.15) is 0 Å². The van der Waals surface area contributed by atoms with Crippen LogP contribution < -0.4 is 0 Å². The molecule has 2 fully saturated rings.